The highest BCUT2D eigenvalue weighted by Crippen LogP contribution is 2.26. The first-order valence-corrected chi connectivity index (χ1v) is 7.04. The zero-order valence-electron chi connectivity index (χ0n) is 10.9. The molecule has 1 N–H and O–H groups in total. The van der Waals surface area contributed by atoms with E-state index in [9.17, 15) is 0 Å². The first-order valence-electron chi connectivity index (χ1n) is 7.04. The summed E-state index contributed by atoms with van der Waals surface area (Å²) in [4.78, 5) is 0. The molecule has 0 aromatic carbocycles. The molecule has 1 fully saturated rings. The minimum Gasteiger partial charge on any atom is -0.311 e. The lowest BCUT2D eigenvalue weighted by molar-refractivity contribution is 0.339. The van der Waals surface area contributed by atoms with Crippen molar-refractivity contribution in [2.75, 3.05) is 0 Å². The average Bonchev–Trinajstić information content (AvgIpc) is 2.61. The number of hydrogen-bond acceptors (Lipinski definition) is 1. The van der Waals surface area contributed by atoms with Gasteiger partial charge in [-0.25, -0.2) is 0 Å². The topological polar surface area (TPSA) is 12.0 Å². The van der Waals surface area contributed by atoms with Crippen molar-refractivity contribution >= 4 is 0 Å². The lowest BCUT2D eigenvalue weighted by Crippen LogP contribution is -2.39. The van der Waals surface area contributed by atoms with E-state index in [1.165, 1.54) is 51.4 Å². The van der Waals surface area contributed by atoms with Crippen molar-refractivity contribution in [2.24, 2.45) is 5.92 Å². The van der Waals surface area contributed by atoms with Crippen molar-refractivity contribution in [1.82, 2.24) is 5.32 Å². The summed E-state index contributed by atoms with van der Waals surface area (Å²) in [6, 6.07) is 1.61. The molecule has 0 radical (unpaired) electrons. The van der Waals surface area contributed by atoms with Crippen LogP contribution in [0.2, 0.25) is 0 Å². The van der Waals surface area contributed by atoms with E-state index in [2.05, 4.69) is 26.1 Å². The van der Waals surface area contributed by atoms with Crippen molar-refractivity contribution in [3.63, 3.8) is 0 Å². The number of unbranched alkanes of at least 4 members (excludes halogenated alkanes) is 1. The predicted octanol–water partition coefficient (Wildman–Crippen LogP) is 4.12. The van der Waals surface area contributed by atoms with Crippen LogP contribution in [0.4, 0.5) is 0 Å². The van der Waals surface area contributed by atoms with Gasteiger partial charge in [-0.3, -0.25) is 0 Å². The van der Waals surface area contributed by atoms with Gasteiger partial charge >= 0.3 is 0 Å². The normalized spacial score (nSPS) is 28.2. The van der Waals surface area contributed by atoms with Crippen molar-refractivity contribution < 1.29 is 0 Å². The molecule has 15 heavy (non-hydrogen) atoms. The number of nitrogens with one attached hydrogen (secondary N) is 1. The van der Waals surface area contributed by atoms with Gasteiger partial charge in [0.05, 0.1) is 0 Å². The van der Waals surface area contributed by atoms with E-state index in [1.54, 1.807) is 0 Å². The Morgan fingerprint density at radius 2 is 1.93 bits per heavy atom. The number of rotatable bonds is 7. The van der Waals surface area contributed by atoms with Crippen LogP contribution in [0.5, 0.6) is 0 Å². The largest absolute Gasteiger partial charge is 0.311 e. The molecule has 1 heteroatoms. The van der Waals surface area contributed by atoms with Crippen LogP contribution in [0.3, 0.4) is 0 Å². The minimum absolute atomic E-state index is 0.792. The van der Waals surface area contributed by atoms with Gasteiger partial charge in [-0.15, -0.1) is 0 Å². The minimum atomic E-state index is 0.792. The van der Waals surface area contributed by atoms with E-state index in [0.717, 1.165) is 18.0 Å². The van der Waals surface area contributed by atoms with Crippen LogP contribution in [-0.4, -0.2) is 12.1 Å². The Labute approximate surface area is 96.0 Å². The summed E-state index contributed by atoms with van der Waals surface area (Å²) in [6.45, 7) is 7.01. The summed E-state index contributed by atoms with van der Waals surface area (Å²) in [5, 5.41) is 3.90. The summed E-state index contributed by atoms with van der Waals surface area (Å²) in [6.07, 6.45) is 11.1. The number of hydrogen-bond donors (Lipinski definition) is 1. The molecular formula is C14H29N. The van der Waals surface area contributed by atoms with Gasteiger partial charge in [0.2, 0.25) is 0 Å². The maximum Gasteiger partial charge on any atom is 0.00952 e. The molecule has 0 bridgehead atoms. The van der Waals surface area contributed by atoms with Crippen LogP contribution < -0.4 is 5.32 Å². The zero-order valence-corrected chi connectivity index (χ0v) is 10.9. The second-order valence-electron chi connectivity index (χ2n) is 5.31. The Bertz CT molecular complexity index is 155. The van der Waals surface area contributed by atoms with Gasteiger partial charge in [-0.2, -0.15) is 0 Å². The lowest BCUT2D eigenvalue weighted by atomic mass is 10.0. The van der Waals surface area contributed by atoms with Gasteiger partial charge in [0, 0.05) is 12.1 Å². The molecule has 0 aromatic heterocycles. The van der Waals surface area contributed by atoms with Gasteiger partial charge in [-0.1, -0.05) is 46.5 Å². The predicted molar refractivity (Wildman–Crippen MR) is 68.2 cm³/mol. The van der Waals surface area contributed by atoms with Crippen molar-refractivity contribution in [1.29, 1.82) is 0 Å². The third-order valence-corrected chi connectivity index (χ3v) is 3.85. The molecular weight excluding hydrogens is 182 g/mol. The van der Waals surface area contributed by atoms with Crippen molar-refractivity contribution in [2.45, 2.75) is 84.2 Å². The molecule has 0 spiro atoms. The Morgan fingerprint density at radius 1 is 1.13 bits per heavy atom. The molecule has 90 valence electrons. The third kappa shape index (κ3) is 4.55. The highest BCUT2D eigenvalue weighted by molar-refractivity contribution is 4.83. The molecule has 0 aromatic rings. The SMILES string of the molecule is CCCCC(CCC)NC1CCCC1C. The Morgan fingerprint density at radius 3 is 2.47 bits per heavy atom. The summed E-state index contributed by atoms with van der Waals surface area (Å²) < 4.78 is 0. The van der Waals surface area contributed by atoms with Crippen LogP contribution in [0.1, 0.15) is 72.1 Å². The fourth-order valence-corrected chi connectivity index (χ4v) is 2.81. The van der Waals surface area contributed by atoms with Gasteiger partial charge in [-0.05, 0) is 31.6 Å². The second-order valence-corrected chi connectivity index (χ2v) is 5.31. The monoisotopic (exact) mass is 211 g/mol. The molecule has 1 saturated carbocycles. The molecule has 0 heterocycles. The maximum absolute atomic E-state index is 3.90. The van der Waals surface area contributed by atoms with Crippen LogP contribution in [0, 0.1) is 5.92 Å². The van der Waals surface area contributed by atoms with Gasteiger partial charge < -0.3 is 5.32 Å². The third-order valence-electron chi connectivity index (χ3n) is 3.85. The Balaban J connectivity index is 2.28. The highest BCUT2D eigenvalue weighted by Gasteiger charge is 2.24. The van der Waals surface area contributed by atoms with E-state index >= 15 is 0 Å². The Hall–Kier alpha value is -0.0400. The van der Waals surface area contributed by atoms with Gasteiger partial charge in [0.15, 0.2) is 0 Å². The van der Waals surface area contributed by atoms with E-state index < -0.39 is 0 Å². The molecule has 0 aliphatic heterocycles. The molecule has 1 aliphatic rings. The molecule has 1 aliphatic carbocycles. The summed E-state index contributed by atoms with van der Waals surface area (Å²) in [7, 11) is 0. The Kier molecular flexibility index (Phi) is 6.31. The highest BCUT2D eigenvalue weighted by atomic mass is 15.0. The van der Waals surface area contributed by atoms with E-state index in [-0.39, 0.29) is 0 Å². The molecule has 1 nitrogen and oxygen atoms in total. The first-order chi connectivity index (χ1) is 7.27. The van der Waals surface area contributed by atoms with Crippen molar-refractivity contribution in [3.8, 4) is 0 Å². The lowest BCUT2D eigenvalue weighted by Gasteiger charge is -2.25. The molecule has 0 saturated heterocycles. The van der Waals surface area contributed by atoms with Crippen molar-refractivity contribution in [3.05, 3.63) is 0 Å². The first kappa shape index (κ1) is 13.0. The van der Waals surface area contributed by atoms with Crippen LogP contribution in [0.15, 0.2) is 0 Å². The maximum atomic E-state index is 3.90. The summed E-state index contributed by atoms with van der Waals surface area (Å²) >= 11 is 0. The van der Waals surface area contributed by atoms with Gasteiger partial charge in [0.25, 0.3) is 0 Å². The second kappa shape index (κ2) is 7.27. The van der Waals surface area contributed by atoms with Gasteiger partial charge in [0.1, 0.15) is 0 Å². The van der Waals surface area contributed by atoms with Crippen LogP contribution in [0.25, 0.3) is 0 Å². The van der Waals surface area contributed by atoms with E-state index in [1.807, 2.05) is 0 Å². The van der Waals surface area contributed by atoms with E-state index in [4.69, 9.17) is 0 Å². The van der Waals surface area contributed by atoms with Crippen LogP contribution in [-0.2, 0) is 0 Å². The summed E-state index contributed by atoms with van der Waals surface area (Å²) in [5.74, 6) is 0.908. The molecule has 1 rings (SSSR count). The average molecular weight is 211 g/mol. The van der Waals surface area contributed by atoms with E-state index in [0.29, 0.717) is 0 Å². The molecule has 3 atom stereocenters. The fourth-order valence-electron chi connectivity index (χ4n) is 2.81. The quantitative estimate of drug-likeness (QED) is 0.668. The standard InChI is InChI=1S/C14H29N/c1-4-6-10-13(8-5-2)15-14-11-7-9-12(14)3/h12-15H,4-11H2,1-3H3. The molecule has 3 unspecified atom stereocenters. The smallest absolute Gasteiger partial charge is 0.00952 e. The van der Waals surface area contributed by atoms with Crippen LogP contribution >= 0.6 is 0 Å². The molecule has 0 amide bonds. The zero-order chi connectivity index (χ0) is 11.1. The summed E-state index contributed by atoms with van der Waals surface area (Å²) in [5.41, 5.74) is 0. The fraction of sp³-hybridized carbons (Fsp3) is 1.00.